The van der Waals surface area contributed by atoms with Crippen molar-refractivity contribution in [3.05, 3.63) is 36.0 Å². The molecule has 0 saturated carbocycles. The highest BCUT2D eigenvalue weighted by molar-refractivity contribution is 5.96. The van der Waals surface area contributed by atoms with Gasteiger partial charge in [-0.3, -0.25) is 9.78 Å². The van der Waals surface area contributed by atoms with Crippen LogP contribution >= 0.6 is 0 Å². The van der Waals surface area contributed by atoms with Crippen molar-refractivity contribution in [2.45, 2.75) is 18.6 Å². The minimum Gasteiger partial charge on any atom is -0.323 e. The molecule has 1 aliphatic rings. The smallest absolute Gasteiger partial charge is 0.323 e. The summed E-state index contributed by atoms with van der Waals surface area (Å²) in [6, 6.07) is 2.62. The van der Waals surface area contributed by atoms with Gasteiger partial charge in [0.25, 0.3) is 0 Å². The molecule has 2 aromatic rings. The van der Waals surface area contributed by atoms with Crippen molar-refractivity contribution >= 4 is 22.5 Å². The van der Waals surface area contributed by atoms with E-state index in [1.165, 1.54) is 12.1 Å². The van der Waals surface area contributed by atoms with E-state index in [9.17, 15) is 26.7 Å². The zero-order valence-corrected chi connectivity index (χ0v) is 12.1. The maximum Gasteiger partial charge on any atom is 0.393 e. The summed E-state index contributed by atoms with van der Waals surface area (Å²) >= 11 is 0. The van der Waals surface area contributed by atoms with Gasteiger partial charge < -0.3 is 10.6 Å². The highest BCUT2D eigenvalue weighted by Gasteiger charge is 2.45. The molecule has 24 heavy (non-hydrogen) atoms. The van der Waals surface area contributed by atoms with Gasteiger partial charge in [0.15, 0.2) is 11.6 Å². The molecule has 4 nitrogen and oxygen atoms in total. The Morgan fingerprint density at radius 2 is 2.04 bits per heavy atom. The first-order chi connectivity index (χ1) is 11.3. The summed E-state index contributed by atoms with van der Waals surface area (Å²) in [5.74, 6) is -4.35. The second kappa shape index (κ2) is 5.97. The summed E-state index contributed by atoms with van der Waals surface area (Å²) in [5, 5.41) is 5.22. The van der Waals surface area contributed by atoms with Crippen LogP contribution in [0.15, 0.2) is 24.4 Å². The van der Waals surface area contributed by atoms with Crippen LogP contribution in [0.3, 0.4) is 0 Å². The van der Waals surface area contributed by atoms with Crippen molar-refractivity contribution in [3.8, 4) is 0 Å². The number of aromatic nitrogens is 1. The molecular formula is C15H12F5N3O. The monoisotopic (exact) mass is 345 g/mol. The number of pyridine rings is 1. The van der Waals surface area contributed by atoms with Crippen LogP contribution < -0.4 is 10.6 Å². The molecule has 0 aliphatic carbocycles. The van der Waals surface area contributed by atoms with Gasteiger partial charge in [-0.25, -0.2) is 8.78 Å². The molecule has 3 rings (SSSR count). The molecule has 0 spiro atoms. The quantitative estimate of drug-likeness (QED) is 0.823. The average Bonchev–Trinajstić information content (AvgIpc) is 3.01. The Hall–Kier alpha value is -2.29. The first-order valence-corrected chi connectivity index (χ1v) is 7.10. The molecule has 1 aliphatic heterocycles. The highest BCUT2D eigenvalue weighted by Crippen LogP contribution is 2.32. The third-order valence-corrected chi connectivity index (χ3v) is 3.92. The van der Waals surface area contributed by atoms with Gasteiger partial charge in [0, 0.05) is 11.9 Å². The van der Waals surface area contributed by atoms with E-state index in [1.807, 2.05) is 0 Å². The molecule has 2 unspecified atom stereocenters. The molecule has 2 heterocycles. The van der Waals surface area contributed by atoms with Crippen LogP contribution in [0.4, 0.5) is 27.6 Å². The number of nitrogens with zero attached hydrogens (tertiary/aromatic N) is 1. The van der Waals surface area contributed by atoms with Crippen LogP contribution in [0.1, 0.15) is 6.42 Å². The van der Waals surface area contributed by atoms with Crippen LogP contribution in [-0.4, -0.2) is 29.7 Å². The van der Waals surface area contributed by atoms with Gasteiger partial charge in [-0.1, -0.05) is 0 Å². The molecule has 0 radical (unpaired) electrons. The number of hydrogen-bond acceptors (Lipinski definition) is 3. The fourth-order valence-corrected chi connectivity index (χ4v) is 2.62. The lowest BCUT2D eigenvalue weighted by Crippen LogP contribution is -2.35. The van der Waals surface area contributed by atoms with Gasteiger partial charge in [-0.05, 0) is 24.6 Å². The van der Waals surface area contributed by atoms with Crippen molar-refractivity contribution in [1.29, 1.82) is 0 Å². The van der Waals surface area contributed by atoms with Crippen LogP contribution in [0.2, 0.25) is 0 Å². The van der Waals surface area contributed by atoms with E-state index in [1.54, 1.807) is 0 Å². The number of amides is 1. The summed E-state index contributed by atoms with van der Waals surface area (Å²) in [6.45, 7) is -0.317. The summed E-state index contributed by atoms with van der Waals surface area (Å²) in [7, 11) is 0. The normalized spacial score (nSPS) is 21.2. The first-order valence-electron chi connectivity index (χ1n) is 7.10. The molecule has 1 aromatic heterocycles. The van der Waals surface area contributed by atoms with Crippen molar-refractivity contribution in [2.75, 3.05) is 11.9 Å². The summed E-state index contributed by atoms with van der Waals surface area (Å²) in [4.78, 5) is 15.8. The van der Waals surface area contributed by atoms with E-state index in [0.29, 0.717) is 0 Å². The number of anilines is 1. The van der Waals surface area contributed by atoms with Crippen LogP contribution in [0.5, 0.6) is 0 Å². The van der Waals surface area contributed by atoms with Crippen LogP contribution in [0, 0.1) is 17.6 Å². The minimum atomic E-state index is -4.35. The van der Waals surface area contributed by atoms with E-state index in [4.69, 9.17) is 0 Å². The Balaban J connectivity index is 1.73. The lowest BCUT2D eigenvalue weighted by Gasteiger charge is -2.14. The zero-order chi connectivity index (χ0) is 17.5. The number of benzene rings is 1. The average molecular weight is 345 g/mol. The highest BCUT2D eigenvalue weighted by atomic mass is 19.4. The Kier molecular flexibility index (Phi) is 4.12. The first kappa shape index (κ1) is 16.6. The van der Waals surface area contributed by atoms with Crippen LogP contribution in [0.25, 0.3) is 10.9 Å². The number of halogens is 5. The Morgan fingerprint density at radius 1 is 1.29 bits per heavy atom. The third kappa shape index (κ3) is 3.16. The van der Waals surface area contributed by atoms with E-state index in [0.717, 1.165) is 12.3 Å². The zero-order valence-electron chi connectivity index (χ0n) is 12.1. The van der Waals surface area contributed by atoms with Gasteiger partial charge in [0.05, 0.1) is 23.8 Å². The van der Waals surface area contributed by atoms with Gasteiger partial charge in [-0.2, -0.15) is 13.2 Å². The maximum atomic E-state index is 13.6. The van der Waals surface area contributed by atoms with Crippen LogP contribution in [-0.2, 0) is 4.79 Å². The second-order valence-electron chi connectivity index (χ2n) is 5.58. The summed E-state index contributed by atoms with van der Waals surface area (Å²) < 4.78 is 64.5. The largest absolute Gasteiger partial charge is 0.393 e. The van der Waals surface area contributed by atoms with Gasteiger partial charge in [0.2, 0.25) is 5.91 Å². The SMILES string of the molecule is O=C(Nc1cnc2c(F)c(F)ccc2c1)C1CC(C(F)(F)F)CN1. The fraction of sp³-hybridized carbons (Fsp3) is 0.333. The Labute approximate surface area is 133 Å². The Morgan fingerprint density at radius 3 is 2.71 bits per heavy atom. The number of nitrogens with one attached hydrogen (secondary N) is 2. The number of alkyl halides is 3. The lowest BCUT2D eigenvalue weighted by atomic mass is 10.0. The number of hydrogen-bond donors (Lipinski definition) is 2. The van der Waals surface area contributed by atoms with Gasteiger partial charge in [-0.15, -0.1) is 0 Å². The third-order valence-electron chi connectivity index (χ3n) is 3.92. The van der Waals surface area contributed by atoms with Crippen molar-refractivity contribution < 1.29 is 26.7 Å². The fourth-order valence-electron chi connectivity index (χ4n) is 2.62. The molecule has 2 N–H and O–H groups in total. The summed E-state index contributed by atoms with van der Waals surface area (Å²) in [5.41, 5.74) is -0.0000994. The predicted molar refractivity (Wildman–Crippen MR) is 76.2 cm³/mol. The topological polar surface area (TPSA) is 54.0 Å². The standard InChI is InChI=1S/C15H12F5N3O/c16-10-2-1-7-3-9(6-22-13(7)12(10)17)23-14(24)11-4-8(5-21-11)15(18,19)20/h1-3,6,8,11,21H,4-5H2,(H,23,24). The molecular weight excluding hydrogens is 333 g/mol. The number of rotatable bonds is 2. The van der Waals surface area contributed by atoms with Crippen molar-refractivity contribution in [2.24, 2.45) is 5.92 Å². The van der Waals surface area contributed by atoms with Crippen molar-refractivity contribution in [3.63, 3.8) is 0 Å². The molecule has 0 bridgehead atoms. The lowest BCUT2D eigenvalue weighted by molar-refractivity contribution is -0.169. The predicted octanol–water partition coefficient (Wildman–Crippen LogP) is 2.99. The maximum absolute atomic E-state index is 13.6. The molecule has 1 amide bonds. The van der Waals surface area contributed by atoms with Gasteiger partial charge in [0.1, 0.15) is 5.52 Å². The van der Waals surface area contributed by atoms with Gasteiger partial charge >= 0.3 is 6.18 Å². The molecule has 1 saturated heterocycles. The molecule has 128 valence electrons. The van der Waals surface area contributed by atoms with E-state index >= 15 is 0 Å². The molecule has 1 aromatic carbocycles. The molecule has 2 atom stereocenters. The molecule has 9 heteroatoms. The minimum absolute atomic E-state index is 0.191. The van der Waals surface area contributed by atoms with E-state index in [-0.39, 0.29) is 29.6 Å². The van der Waals surface area contributed by atoms with E-state index in [2.05, 4.69) is 15.6 Å². The second-order valence-corrected chi connectivity index (χ2v) is 5.58. The number of fused-ring (bicyclic) bond motifs is 1. The number of carbonyl (C=O) groups is 1. The molecule has 1 fully saturated rings. The summed E-state index contributed by atoms with van der Waals surface area (Å²) in [6.07, 6.45) is -3.58. The Bertz CT molecular complexity index is 793. The van der Waals surface area contributed by atoms with Crippen molar-refractivity contribution in [1.82, 2.24) is 10.3 Å². The number of carbonyl (C=O) groups excluding carboxylic acids is 1. The van der Waals surface area contributed by atoms with E-state index < -0.39 is 35.7 Å².